The second kappa shape index (κ2) is 8.28. The molecule has 3 nitrogen and oxygen atoms in total. The molecule has 20 heavy (non-hydrogen) atoms. The highest BCUT2D eigenvalue weighted by Crippen LogP contribution is 2.29. The summed E-state index contributed by atoms with van der Waals surface area (Å²) in [5, 5.41) is 3.60. The van der Waals surface area contributed by atoms with Gasteiger partial charge in [-0.25, -0.2) is 0 Å². The molecule has 1 atom stereocenters. The van der Waals surface area contributed by atoms with E-state index in [1.165, 1.54) is 5.56 Å². The van der Waals surface area contributed by atoms with Crippen LogP contribution in [0.3, 0.4) is 0 Å². The van der Waals surface area contributed by atoms with Crippen LogP contribution in [-0.4, -0.2) is 32.4 Å². The van der Waals surface area contributed by atoms with Crippen molar-refractivity contribution in [1.82, 2.24) is 5.32 Å². The van der Waals surface area contributed by atoms with Crippen molar-refractivity contribution in [1.29, 1.82) is 0 Å². The molecule has 0 bridgehead atoms. The SMILES string of the molecule is CCNC(Cc1ccccc1OC)C(CC)(CC)OC. The number of hydrogen-bond donors (Lipinski definition) is 1. The van der Waals surface area contributed by atoms with Crippen LogP contribution in [0.5, 0.6) is 5.75 Å². The highest BCUT2D eigenvalue weighted by atomic mass is 16.5. The molecule has 1 unspecified atom stereocenters. The fourth-order valence-electron chi connectivity index (χ4n) is 2.96. The molecule has 1 rings (SSSR count). The summed E-state index contributed by atoms with van der Waals surface area (Å²) in [6, 6.07) is 8.50. The van der Waals surface area contributed by atoms with E-state index in [0.29, 0.717) is 0 Å². The number of rotatable bonds is 9. The van der Waals surface area contributed by atoms with Gasteiger partial charge < -0.3 is 14.8 Å². The molecule has 0 radical (unpaired) electrons. The van der Waals surface area contributed by atoms with Crippen molar-refractivity contribution >= 4 is 0 Å². The number of nitrogens with one attached hydrogen (secondary N) is 1. The molecular weight excluding hydrogens is 250 g/mol. The lowest BCUT2D eigenvalue weighted by atomic mass is 9.84. The first-order chi connectivity index (χ1) is 9.67. The van der Waals surface area contributed by atoms with E-state index in [9.17, 15) is 0 Å². The summed E-state index contributed by atoms with van der Waals surface area (Å²) in [7, 11) is 3.55. The van der Waals surface area contributed by atoms with Crippen LogP contribution in [0, 0.1) is 0 Å². The Bertz CT molecular complexity index is 380. The first-order valence-electron chi connectivity index (χ1n) is 7.57. The minimum absolute atomic E-state index is 0.128. The molecule has 0 saturated heterocycles. The van der Waals surface area contributed by atoms with E-state index in [1.807, 2.05) is 19.2 Å². The van der Waals surface area contributed by atoms with Gasteiger partial charge in [0.1, 0.15) is 5.75 Å². The summed E-state index contributed by atoms with van der Waals surface area (Å²) in [5.41, 5.74) is 1.10. The maximum absolute atomic E-state index is 5.89. The number of methoxy groups -OCH3 is 2. The predicted molar refractivity (Wildman–Crippen MR) is 84.5 cm³/mol. The molecule has 0 saturated carbocycles. The Morgan fingerprint density at radius 1 is 1.10 bits per heavy atom. The van der Waals surface area contributed by atoms with Crippen LogP contribution in [-0.2, 0) is 11.2 Å². The molecule has 3 heteroatoms. The summed E-state index contributed by atoms with van der Waals surface area (Å²) in [6.07, 6.45) is 2.90. The molecule has 0 amide bonds. The van der Waals surface area contributed by atoms with Crippen molar-refractivity contribution in [3.8, 4) is 5.75 Å². The molecule has 0 aromatic heterocycles. The summed E-state index contributed by atoms with van der Waals surface area (Å²) in [6.45, 7) is 7.46. The van der Waals surface area contributed by atoms with E-state index < -0.39 is 0 Å². The number of ether oxygens (including phenoxy) is 2. The van der Waals surface area contributed by atoms with E-state index in [-0.39, 0.29) is 11.6 Å². The van der Waals surface area contributed by atoms with Crippen LogP contribution in [0.15, 0.2) is 24.3 Å². The molecule has 114 valence electrons. The van der Waals surface area contributed by atoms with Crippen molar-refractivity contribution in [3.63, 3.8) is 0 Å². The van der Waals surface area contributed by atoms with Gasteiger partial charge in [-0.3, -0.25) is 0 Å². The van der Waals surface area contributed by atoms with Gasteiger partial charge in [0.25, 0.3) is 0 Å². The van der Waals surface area contributed by atoms with Gasteiger partial charge in [-0.15, -0.1) is 0 Å². The van der Waals surface area contributed by atoms with Crippen molar-refractivity contribution < 1.29 is 9.47 Å². The molecule has 0 fully saturated rings. The molecule has 0 aliphatic carbocycles. The zero-order valence-corrected chi connectivity index (χ0v) is 13.5. The van der Waals surface area contributed by atoms with Crippen molar-refractivity contribution in [2.75, 3.05) is 20.8 Å². The summed E-state index contributed by atoms with van der Waals surface area (Å²) >= 11 is 0. The van der Waals surface area contributed by atoms with E-state index in [1.54, 1.807) is 7.11 Å². The Morgan fingerprint density at radius 2 is 1.75 bits per heavy atom. The lowest BCUT2D eigenvalue weighted by Gasteiger charge is -2.39. The Labute approximate surface area is 123 Å². The molecular formula is C17H29NO2. The van der Waals surface area contributed by atoms with Crippen molar-refractivity contribution in [3.05, 3.63) is 29.8 Å². The zero-order chi connectivity index (χ0) is 15.0. The molecule has 1 N–H and O–H groups in total. The van der Waals surface area contributed by atoms with Gasteiger partial charge in [0.15, 0.2) is 0 Å². The molecule has 0 aliphatic rings. The number of hydrogen-bond acceptors (Lipinski definition) is 3. The van der Waals surface area contributed by atoms with Crippen molar-refractivity contribution in [2.24, 2.45) is 0 Å². The van der Waals surface area contributed by atoms with Gasteiger partial charge in [-0.05, 0) is 37.4 Å². The second-order valence-electron chi connectivity index (χ2n) is 5.10. The largest absolute Gasteiger partial charge is 0.496 e. The summed E-state index contributed by atoms with van der Waals surface area (Å²) in [4.78, 5) is 0. The average molecular weight is 279 g/mol. The van der Waals surface area contributed by atoms with Crippen LogP contribution in [0.1, 0.15) is 39.2 Å². The van der Waals surface area contributed by atoms with E-state index in [4.69, 9.17) is 9.47 Å². The highest BCUT2D eigenvalue weighted by Gasteiger charge is 2.35. The standard InChI is InChI=1S/C17H29NO2/c1-6-17(7-2,20-5)16(18-8-3)13-14-11-9-10-12-15(14)19-4/h9-12,16,18H,6-8,13H2,1-5H3. The number of para-hydroxylation sites is 1. The Morgan fingerprint density at radius 3 is 2.25 bits per heavy atom. The van der Waals surface area contributed by atoms with Crippen LogP contribution in [0.25, 0.3) is 0 Å². The van der Waals surface area contributed by atoms with E-state index >= 15 is 0 Å². The quantitative estimate of drug-likeness (QED) is 0.751. The Hall–Kier alpha value is -1.06. The van der Waals surface area contributed by atoms with Gasteiger partial charge >= 0.3 is 0 Å². The molecule has 1 aromatic rings. The van der Waals surface area contributed by atoms with Crippen LogP contribution >= 0.6 is 0 Å². The third-order valence-electron chi connectivity index (χ3n) is 4.31. The summed E-state index contributed by atoms with van der Waals surface area (Å²) < 4.78 is 11.4. The number of likely N-dealkylation sites (N-methyl/N-ethyl adjacent to an activating group) is 1. The lowest BCUT2D eigenvalue weighted by molar-refractivity contribution is -0.0469. The van der Waals surface area contributed by atoms with Crippen molar-refractivity contribution in [2.45, 2.75) is 51.7 Å². The fraction of sp³-hybridized carbons (Fsp3) is 0.647. The lowest BCUT2D eigenvalue weighted by Crippen LogP contribution is -2.52. The third kappa shape index (κ3) is 3.74. The molecule has 1 aromatic carbocycles. The third-order valence-corrected chi connectivity index (χ3v) is 4.31. The molecule has 0 aliphatic heterocycles. The number of benzene rings is 1. The monoisotopic (exact) mass is 279 g/mol. The topological polar surface area (TPSA) is 30.5 Å². The van der Waals surface area contributed by atoms with Crippen LogP contribution in [0.4, 0.5) is 0 Å². The van der Waals surface area contributed by atoms with Gasteiger partial charge in [0, 0.05) is 13.2 Å². The zero-order valence-electron chi connectivity index (χ0n) is 13.5. The first-order valence-corrected chi connectivity index (χ1v) is 7.57. The maximum Gasteiger partial charge on any atom is 0.122 e. The minimum atomic E-state index is -0.128. The normalized spacial score (nSPS) is 13.2. The minimum Gasteiger partial charge on any atom is -0.496 e. The Kier molecular flexibility index (Phi) is 7.03. The fourth-order valence-corrected chi connectivity index (χ4v) is 2.96. The predicted octanol–water partition coefficient (Wildman–Crippen LogP) is 3.42. The van der Waals surface area contributed by atoms with Crippen LogP contribution < -0.4 is 10.1 Å². The summed E-state index contributed by atoms with van der Waals surface area (Å²) in [5.74, 6) is 0.951. The van der Waals surface area contributed by atoms with Gasteiger partial charge in [0.2, 0.25) is 0 Å². The average Bonchev–Trinajstić information content (AvgIpc) is 2.50. The van der Waals surface area contributed by atoms with Crippen LogP contribution in [0.2, 0.25) is 0 Å². The molecule has 0 heterocycles. The second-order valence-corrected chi connectivity index (χ2v) is 5.10. The first kappa shape index (κ1) is 17.0. The Balaban J connectivity index is 3.02. The van der Waals surface area contributed by atoms with Gasteiger partial charge in [0.05, 0.1) is 12.7 Å². The van der Waals surface area contributed by atoms with E-state index in [2.05, 4.69) is 38.2 Å². The van der Waals surface area contributed by atoms with Gasteiger partial charge in [-0.2, -0.15) is 0 Å². The maximum atomic E-state index is 5.89. The van der Waals surface area contributed by atoms with E-state index in [0.717, 1.165) is 31.6 Å². The highest BCUT2D eigenvalue weighted by molar-refractivity contribution is 5.34. The molecule has 0 spiro atoms. The smallest absolute Gasteiger partial charge is 0.122 e. The van der Waals surface area contributed by atoms with Gasteiger partial charge in [-0.1, -0.05) is 39.0 Å².